The van der Waals surface area contributed by atoms with Crippen molar-refractivity contribution in [3.05, 3.63) is 33.2 Å². The van der Waals surface area contributed by atoms with Gasteiger partial charge in [-0.25, -0.2) is 13.2 Å². The SMILES string of the molecule is COC(=O)c1c(N)c(C#N)cn1-c1cc(S(=O)(=O)C(F)(F)F)cc(I)c1O. The highest BCUT2D eigenvalue weighted by molar-refractivity contribution is 14.1. The summed E-state index contributed by atoms with van der Waals surface area (Å²) in [6.07, 6.45) is 0.969. The molecule has 0 spiro atoms. The number of benzene rings is 1. The maximum absolute atomic E-state index is 12.9. The number of nitrogen functional groups attached to an aromatic ring is 1. The summed E-state index contributed by atoms with van der Waals surface area (Å²) in [6.45, 7) is 0. The lowest BCUT2D eigenvalue weighted by Gasteiger charge is -2.14. The molecule has 2 rings (SSSR count). The van der Waals surface area contributed by atoms with E-state index in [4.69, 9.17) is 11.0 Å². The van der Waals surface area contributed by atoms with Gasteiger partial charge in [0.2, 0.25) is 0 Å². The number of halogens is 4. The van der Waals surface area contributed by atoms with Gasteiger partial charge in [-0.15, -0.1) is 0 Å². The number of phenolic OH excluding ortho intramolecular Hbond substituents is 1. The van der Waals surface area contributed by atoms with Crippen molar-refractivity contribution in [1.29, 1.82) is 5.26 Å². The van der Waals surface area contributed by atoms with Crippen LogP contribution in [0.4, 0.5) is 18.9 Å². The lowest BCUT2D eigenvalue weighted by Crippen LogP contribution is -2.23. The molecule has 0 aliphatic carbocycles. The number of ether oxygens (including phenoxy) is 1. The van der Waals surface area contributed by atoms with Gasteiger partial charge in [-0.05, 0) is 34.7 Å². The van der Waals surface area contributed by atoms with Gasteiger partial charge in [0, 0.05) is 6.20 Å². The number of nitriles is 1. The van der Waals surface area contributed by atoms with Crippen LogP contribution < -0.4 is 5.73 Å². The predicted octanol–water partition coefficient (Wildman–Crippen LogP) is 2.32. The summed E-state index contributed by atoms with van der Waals surface area (Å²) in [5, 5.41) is 19.3. The Hall–Kier alpha value is -2.47. The van der Waals surface area contributed by atoms with Crippen molar-refractivity contribution in [2.45, 2.75) is 10.4 Å². The molecule has 27 heavy (non-hydrogen) atoms. The van der Waals surface area contributed by atoms with Crippen molar-refractivity contribution in [3.8, 4) is 17.5 Å². The van der Waals surface area contributed by atoms with Crippen LogP contribution in [0.1, 0.15) is 16.1 Å². The Kier molecular flexibility index (Phi) is 5.34. The third kappa shape index (κ3) is 3.41. The molecule has 1 aromatic heterocycles. The molecule has 0 aliphatic rings. The molecular weight excluding hydrogens is 506 g/mol. The molecule has 0 saturated carbocycles. The van der Waals surface area contributed by atoms with Crippen LogP contribution >= 0.6 is 22.6 Å². The molecule has 0 unspecified atom stereocenters. The molecule has 13 heteroatoms. The summed E-state index contributed by atoms with van der Waals surface area (Å²) in [4.78, 5) is 10.8. The molecule has 8 nitrogen and oxygen atoms in total. The second kappa shape index (κ2) is 6.93. The maximum atomic E-state index is 12.9. The number of aromatic hydroxyl groups is 1. The number of esters is 1. The van der Waals surface area contributed by atoms with E-state index in [1.54, 1.807) is 6.07 Å². The molecule has 0 aliphatic heterocycles. The van der Waals surface area contributed by atoms with Crippen molar-refractivity contribution in [3.63, 3.8) is 0 Å². The van der Waals surface area contributed by atoms with E-state index >= 15 is 0 Å². The van der Waals surface area contributed by atoms with E-state index < -0.39 is 43.3 Å². The van der Waals surface area contributed by atoms with E-state index in [9.17, 15) is 31.5 Å². The molecule has 3 N–H and O–H groups in total. The zero-order chi connectivity index (χ0) is 20.7. The largest absolute Gasteiger partial charge is 0.505 e. The third-order valence-corrected chi connectivity index (χ3v) is 5.72. The molecule has 0 saturated heterocycles. The van der Waals surface area contributed by atoms with E-state index in [2.05, 4.69) is 4.74 Å². The van der Waals surface area contributed by atoms with Crippen molar-refractivity contribution >= 4 is 44.1 Å². The maximum Gasteiger partial charge on any atom is 0.501 e. The summed E-state index contributed by atoms with van der Waals surface area (Å²) in [6, 6.07) is 2.82. The summed E-state index contributed by atoms with van der Waals surface area (Å²) in [5.74, 6) is -1.67. The molecule has 0 amide bonds. The molecule has 144 valence electrons. The molecule has 1 aromatic carbocycles. The summed E-state index contributed by atoms with van der Waals surface area (Å²) in [5.41, 5.74) is -1.43. The van der Waals surface area contributed by atoms with E-state index in [-0.39, 0.29) is 14.8 Å². The van der Waals surface area contributed by atoms with E-state index in [1.807, 2.05) is 0 Å². The normalized spacial score (nSPS) is 11.9. The zero-order valence-corrected chi connectivity index (χ0v) is 16.2. The minimum atomic E-state index is -5.74. The molecule has 0 radical (unpaired) electrons. The van der Waals surface area contributed by atoms with Crippen LogP contribution in [0, 0.1) is 14.9 Å². The highest BCUT2D eigenvalue weighted by Gasteiger charge is 2.47. The number of carbonyl (C=O) groups is 1. The highest BCUT2D eigenvalue weighted by Crippen LogP contribution is 2.38. The fourth-order valence-corrected chi connectivity index (χ4v) is 3.77. The fraction of sp³-hybridized carbons (Fsp3) is 0.143. The first-order valence-electron chi connectivity index (χ1n) is 6.70. The molecule has 0 fully saturated rings. The van der Waals surface area contributed by atoms with Crippen LogP contribution in [0.25, 0.3) is 5.69 Å². The number of methoxy groups -OCH3 is 1. The Bertz CT molecular complexity index is 1090. The van der Waals surface area contributed by atoms with Gasteiger partial charge in [0.05, 0.1) is 32.5 Å². The number of aromatic nitrogens is 1. The first-order chi connectivity index (χ1) is 12.4. The molecule has 0 bridgehead atoms. The second-order valence-corrected chi connectivity index (χ2v) is 8.10. The number of nitrogens with two attached hydrogens (primary N) is 1. The van der Waals surface area contributed by atoms with Crippen LogP contribution in [0.3, 0.4) is 0 Å². The number of anilines is 1. The number of rotatable bonds is 3. The number of hydrogen-bond donors (Lipinski definition) is 2. The smallest absolute Gasteiger partial charge is 0.501 e. The highest BCUT2D eigenvalue weighted by atomic mass is 127. The topological polar surface area (TPSA) is 135 Å². The fourth-order valence-electron chi connectivity index (χ4n) is 2.14. The Morgan fingerprint density at radius 2 is 2.00 bits per heavy atom. The minimum absolute atomic E-state index is 0.228. The van der Waals surface area contributed by atoms with E-state index in [1.165, 1.54) is 22.6 Å². The van der Waals surface area contributed by atoms with Crippen molar-refractivity contribution in [2.24, 2.45) is 0 Å². The van der Waals surface area contributed by atoms with Gasteiger partial charge < -0.3 is 20.1 Å². The number of phenols is 1. The van der Waals surface area contributed by atoms with Crippen LogP contribution in [0.15, 0.2) is 23.2 Å². The number of alkyl halides is 3. The van der Waals surface area contributed by atoms with Gasteiger partial charge in [-0.3, -0.25) is 0 Å². The van der Waals surface area contributed by atoms with Gasteiger partial charge in [0.1, 0.15) is 6.07 Å². The standard InChI is InChI=1S/C14H9F3IN3O5S/c1-26-13(23)11-10(20)6(4-19)5-21(11)9-3-7(2-8(18)12(9)22)27(24,25)14(15,16)17/h2-3,5,22H,20H2,1H3. The van der Waals surface area contributed by atoms with Crippen molar-refractivity contribution in [2.75, 3.05) is 12.8 Å². The van der Waals surface area contributed by atoms with Gasteiger partial charge in [0.15, 0.2) is 11.4 Å². The molecular formula is C14H9F3IN3O5S. The molecule has 2 aromatic rings. The lowest BCUT2D eigenvalue weighted by atomic mass is 10.2. The summed E-state index contributed by atoms with van der Waals surface area (Å²) >= 11 is 1.43. The van der Waals surface area contributed by atoms with E-state index in [0.29, 0.717) is 12.1 Å². The summed E-state index contributed by atoms with van der Waals surface area (Å²) in [7, 11) is -4.74. The van der Waals surface area contributed by atoms with Gasteiger partial charge in [0.25, 0.3) is 9.84 Å². The molecule has 1 heterocycles. The monoisotopic (exact) mass is 515 g/mol. The first-order valence-corrected chi connectivity index (χ1v) is 9.26. The average Bonchev–Trinajstić information content (AvgIpc) is 2.91. The Morgan fingerprint density at radius 3 is 2.48 bits per heavy atom. The Balaban J connectivity index is 2.90. The van der Waals surface area contributed by atoms with Gasteiger partial charge in [-0.1, -0.05) is 0 Å². The number of sulfone groups is 1. The first kappa shape index (κ1) is 20.8. The Labute approximate surface area is 164 Å². The van der Waals surface area contributed by atoms with Crippen LogP contribution in [-0.2, 0) is 14.6 Å². The Morgan fingerprint density at radius 1 is 1.41 bits per heavy atom. The second-order valence-electron chi connectivity index (χ2n) is 5.00. The average molecular weight is 515 g/mol. The number of hydrogen-bond acceptors (Lipinski definition) is 7. The van der Waals surface area contributed by atoms with Gasteiger partial charge >= 0.3 is 11.5 Å². The van der Waals surface area contributed by atoms with Crippen LogP contribution in [0.2, 0.25) is 0 Å². The van der Waals surface area contributed by atoms with E-state index in [0.717, 1.165) is 17.9 Å². The van der Waals surface area contributed by atoms with Crippen molar-refractivity contribution in [1.82, 2.24) is 4.57 Å². The minimum Gasteiger partial charge on any atom is -0.505 e. The quantitative estimate of drug-likeness (QED) is 0.473. The zero-order valence-electron chi connectivity index (χ0n) is 13.2. The third-order valence-electron chi connectivity index (χ3n) is 3.43. The predicted molar refractivity (Wildman–Crippen MR) is 93.9 cm³/mol. The van der Waals surface area contributed by atoms with Crippen molar-refractivity contribution < 1.29 is 36.2 Å². The summed E-state index contributed by atoms with van der Waals surface area (Å²) < 4.78 is 67.1. The number of carbonyl (C=O) groups excluding carboxylic acids is 1. The van der Waals surface area contributed by atoms with Crippen LogP contribution in [0.5, 0.6) is 5.75 Å². The van der Waals surface area contributed by atoms with Crippen LogP contribution in [-0.4, -0.2) is 36.7 Å². The number of nitrogens with zero attached hydrogens (tertiary/aromatic N) is 2. The van der Waals surface area contributed by atoms with Gasteiger partial charge in [-0.2, -0.15) is 18.4 Å². The molecule has 0 atom stereocenters. The lowest BCUT2D eigenvalue weighted by molar-refractivity contribution is -0.0436.